The molecule has 5 nitrogen and oxygen atoms in total. The minimum absolute atomic E-state index is 0.0123. The van der Waals surface area contributed by atoms with Gasteiger partial charge in [-0.3, -0.25) is 4.79 Å². The summed E-state index contributed by atoms with van der Waals surface area (Å²) in [6.07, 6.45) is 1.04. The summed E-state index contributed by atoms with van der Waals surface area (Å²) in [7, 11) is 0. The summed E-state index contributed by atoms with van der Waals surface area (Å²) in [6.45, 7) is 2.07. The number of carbonyl (C=O) groups is 2. The second-order valence-electron chi connectivity index (χ2n) is 8.88. The molecule has 7 heteroatoms. The maximum atomic E-state index is 13.7. The van der Waals surface area contributed by atoms with Crippen LogP contribution in [0.5, 0.6) is 5.75 Å². The first-order valence-electron chi connectivity index (χ1n) is 11.9. The first kappa shape index (κ1) is 24.0. The van der Waals surface area contributed by atoms with Gasteiger partial charge in [-0.15, -0.1) is 11.3 Å². The third-order valence-electron chi connectivity index (χ3n) is 6.52. The van der Waals surface area contributed by atoms with Crippen LogP contribution in [0.3, 0.4) is 0 Å². The van der Waals surface area contributed by atoms with Crippen molar-refractivity contribution >= 4 is 23.1 Å². The molecule has 0 unspecified atom stereocenters. The van der Waals surface area contributed by atoms with Crippen molar-refractivity contribution in [3.63, 3.8) is 0 Å². The molecular formula is C29H26FNO4S. The van der Waals surface area contributed by atoms with Crippen LogP contribution in [0, 0.1) is 5.82 Å². The molecule has 36 heavy (non-hydrogen) atoms. The van der Waals surface area contributed by atoms with Gasteiger partial charge in [0.2, 0.25) is 0 Å². The first-order chi connectivity index (χ1) is 17.5. The molecule has 1 aromatic heterocycles. The highest BCUT2D eigenvalue weighted by atomic mass is 32.1. The number of esters is 1. The Morgan fingerprint density at radius 2 is 1.81 bits per heavy atom. The van der Waals surface area contributed by atoms with Crippen LogP contribution >= 0.6 is 11.3 Å². The molecule has 2 aliphatic rings. The van der Waals surface area contributed by atoms with Gasteiger partial charge >= 0.3 is 5.97 Å². The minimum atomic E-state index is -0.624. The summed E-state index contributed by atoms with van der Waals surface area (Å²) in [5.74, 6) is -0.754. The van der Waals surface area contributed by atoms with Crippen LogP contribution in [0.25, 0.3) is 0 Å². The Hall–Kier alpha value is -3.71. The van der Waals surface area contributed by atoms with Gasteiger partial charge in [0, 0.05) is 40.1 Å². The number of ketones is 1. The SMILES string of the molecule is CC1=C(C(=O)OCCOc2ccccc2)[C@H](c2ccc(F)cc2)C2=C(C[C@H](c3cccs3)CC2=O)N1. The zero-order valence-electron chi connectivity index (χ0n) is 19.8. The molecule has 2 heterocycles. The van der Waals surface area contributed by atoms with Gasteiger partial charge < -0.3 is 14.8 Å². The van der Waals surface area contributed by atoms with E-state index in [4.69, 9.17) is 9.47 Å². The summed E-state index contributed by atoms with van der Waals surface area (Å²) in [6, 6.07) is 19.3. The largest absolute Gasteiger partial charge is 0.490 e. The standard InChI is InChI=1S/C29H26FNO4S/c1-18-26(29(33)35-14-13-34-22-6-3-2-4-7-22)27(19-9-11-21(30)12-10-19)28-23(31-18)16-20(17-24(28)32)25-8-5-15-36-25/h2-12,15,20,27,31H,13-14,16-17H2,1H3/t20-,27-/m0/s1. The van der Waals surface area contributed by atoms with Gasteiger partial charge in [-0.25, -0.2) is 9.18 Å². The van der Waals surface area contributed by atoms with Gasteiger partial charge in [0.25, 0.3) is 0 Å². The summed E-state index contributed by atoms with van der Waals surface area (Å²) in [5.41, 5.74) is 3.06. The Kier molecular flexibility index (Phi) is 7.00. The van der Waals surface area contributed by atoms with Crippen molar-refractivity contribution in [1.29, 1.82) is 0 Å². The lowest BCUT2D eigenvalue weighted by atomic mass is 9.72. The number of para-hydroxylation sites is 1. The Morgan fingerprint density at radius 1 is 1.03 bits per heavy atom. The monoisotopic (exact) mass is 503 g/mol. The van der Waals surface area contributed by atoms with E-state index in [0.29, 0.717) is 41.0 Å². The average Bonchev–Trinajstić information content (AvgIpc) is 3.42. The van der Waals surface area contributed by atoms with E-state index >= 15 is 0 Å². The molecule has 1 N–H and O–H groups in total. The van der Waals surface area contributed by atoms with Crippen LogP contribution in [-0.2, 0) is 14.3 Å². The van der Waals surface area contributed by atoms with Crippen molar-refractivity contribution < 1.29 is 23.5 Å². The number of nitrogens with one attached hydrogen (secondary N) is 1. The topological polar surface area (TPSA) is 64.6 Å². The Balaban J connectivity index is 1.40. The van der Waals surface area contributed by atoms with Gasteiger partial charge in [0.1, 0.15) is 24.8 Å². The van der Waals surface area contributed by atoms with Crippen molar-refractivity contribution in [2.45, 2.75) is 31.6 Å². The Bertz CT molecular complexity index is 1310. The quantitative estimate of drug-likeness (QED) is 0.323. The highest BCUT2D eigenvalue weighted by Crippen LogP contribution is 2.46. The molecule has 0 amide bonds. The first-order valence-corrected chi connectivity index (χ1v) is 12.8. The van der Waals surface area contributed by atoms with Crippen LogP contribution in [-0.4, -0.2) is 25.0 Å². The van der Waals surface area contributed by atoms with E-state index in [1.54, 1.807) is 23.5 Å². The lowest BCUT2D eigenvalue weighted by Gasteiger charge is -2.36. The lowest BCUT2D eigenvalue weighted by Crippen LogP contribution is -2.36. The van der Waals surface area contributed by atoms with Crippen molar-refractivity contribution in [2.75, 3.05) is 13.2 Å². The smallest absolute Gasteiger partial charge is 0.336 e. The number of hydrogen-bond acceptors (Lipinski definition) is 6. The predicted molar refractivity (Wildman–Crippen MR) is 136 cm³/mol. The third-order valence-corrected chi connectivity index (χ3v) is 7.56. The fourth-order valence-electron chi connectivity index (χ4n) is 4.91. The molecule has 3 aromatic rings. The Morgan fingerprint density at radius 3 is 2.53 bits per heavy atom. The fourth-order valence-corrected chi connectivity index (χ4v) is 5.74. The van der Waals surface area contributed by atoms with Crippen molar-refractivity contribution in [1.82, 2.24) is 5.32 Å². The van der Waals surface area contributed by atoms with E-state index in [9.17, 15) is 14.0 Å². The molecule has 5 rings (SSSR count). The maximum Gasteiger partial charge on any atom is 0.336 e. The number of dihydropyridines is 1. The molecule has 1 aliphatic heterocycles. The number of ether oxygens (including phenoxy) is 2. The van der Waals surface area contributed by atoms with E-state index in [0.717, 1.165) is 5.70 Å². The van der Waals surface area contributed by atoms with Gasteiger partial charge in [0.05, 0.1) is 5.57 Å². The van der Waals surface area contributed by atoms with Gasteiger partial charge in [-0.1, -0.05) is 36.4 Å². The molecule has 0 saturated carbocycles. The van der Waals surface area contributed by atoms with Crippen LogP contribution in [0.2, 0.25) is 0 Å². The summed E-state index contributed by atoms with van der Waals surface area (Å²) >= 11 is 1.64. The number of halogens is 1. The highest BCUT2D eigenvalue weighted by Gasteiger charge is 2.41. The summed E-state index contributed by atoms with van der Waals surface area (Å²) in [4.78, 5) is 28.0. The maximum absolute atomic E-state index is 13.7. The minimum Gasteiger partial charge on any atom is -0.490 e. The normalized spacial score (nSPS) is 19.6. The van der Waals surface area contributed by atoms with Gasteiger partial charge in [-0.2, -0.15) is 0 Å². The van der Waals surface area contributed by atoms with E-state index in [1.165, 1.54) is 17.0 Å². The van der Waals surface area contributed by atoms with Gasteiger partial charge in [-0.05, 0) is 54.6 Å². The second kappa shape index (κ2) is 10.5. The van der Waals surface area contributed by atoms with Crippen LogP contribution < -0.4 is 10.1 Å². The number of carbonyl (C=O) groups excluding carboxylic acids is 2. The van der Waals surface area contributed by atoms with Crippen molar-refractivity contribution in [2.24, 2.45) is 0 Å². The molecule has 0 spiro atoms. The number of allylic oxidation sites excluding steroid dienone is 3. The highest BCUT2D eigenvalue weighted by molar-refractivity contribution is 7.10. The Labute approximate surface area is 213 Å². The molecule has 0 fully saturated rings. The molecular weight excluding hydrogens is 477 g/mol. The summed E-state index contributed by atoms with van der Waals surface area (Å²) < 4.78 is 25.0. The lowest BCUT2D eigenvalue weighted by molar-refractivity contribution is -0.140. The predicted octanol–water partition coefficient (Wildman–Crippen LogP) is 5.87. The van der Waals surface area contributed by atoms with Crippen LogP contribution in [0.15, 0.2) is 94.7 Å². The number of Topliss-reactive ketones (excluding diaryl/α,β-unsaturated/α-hetero) is 1. The van der Waals surface area contributed by atoms with Crippen molar-refractivity contribution in [3.05, 3.63) is 111 Å². The fraction of sp³-hybridized carbons (Fsp3) is 0.241. The number of thiophene rings is 1. The number of hydrogen-bond donors (Lipinski definition) is 1. The van der Waals surface area contributed by atoms with E-state index < -0.39 is 11.9 Å². The number of rotatable bonds is 7. The second-order valence-corrected chi connectivity index (χ2v) is 9.86. The van der Waals surface area contributed by atoms with Crippen molar-refractivity contribution in [3.8, 4) is 5.75 Å². The van der Waals surface area contributed by atoms with Gasteiger partial charge in [0.15, 0.2) is 5.78 Å². The number of benzene rings is 2. The van der Waals surface area contributed by atoms with E-state index in [-0.39, 0.29) is 30.7 Å². The molecule has 0 radical (unpaired) electrons. The molecule has 1 aliphatic carbocycles. The zero-order chi connectivity index (χ0) is 25.1. The average molecular weight is 504 g/mol. The van der Waals surface area contributed by atoms with Crippen LogP contribution in [0.4, 0.5) is 4.39 Å². The molecule has 2 aromatic carbocycles. The molecule has 0 bridgehead atoms. The van der Waals surface area contributed by atoms with Crippen LogP contribution in [0.1, 0.15) is 42.0 Å². The third kappa shape index (κ3) is 4.97. The summed E-state index contributed by atoms with van der Waals surface area (Å²) in [5, 5.41) is 5.35. The molecule has 184 valence electrons. The molecule has 0 saturated heterocycles. The van der Waals surface area contributed by atoms with E-state index in [1.807, 2.05) is 48.7 Å². The zero-order valence-corrected chi connectivity index (χ0v) is 20.6. The molecule has 2 atom stereocenters. The van der Waals surface area contributed by atoms with E-state index in [2.05, 4.69) is 11.4 Å².